The second-order valence-corrected chi connectivity index (χ2v) is 14.1. The predicted molar refractivity (Wildman–Crippen MR) is 114 cm³/mol. The lowest BCUT2D eigenvalue weighted by Crippen LogP contribution is -2.48. The maximum Gasteiger partial charge on any atom is 0.192 e. The summed E-state index contributed by atoms with van der Waals surface area (Å²) in [6.45, 7) is 13.7. The lowest BCUT2D eigenvalue weighted by molar-refractivity contribution is -0.0948. The molecule has 0 aromatic heterocycles. The molecule has 26 heavy (non-hydrogen) atoms. The van der Waals surface area contributed by atoms with Crippen molar-refractivity contribution >= 4 is 24.2 Å². The summed E-state index contributed by atoms with van der Waals surface area (Å²) in [5.74, 6) is 0. The highest BCUT2D eigenvalue weighted by Gasteiger charge is 2.42. The van der Waals surface area contributed by atoms with E-state index in [1.54, 1.807) is 4.99 Å². The largest absolute Gasteiger partial charge is 0.411 e. The number of ether oxygens (including phenoxy) is 2. The Labute approximate surface area is 169 Å². The van der Waals surface area contributed by atoms with Gasteiger partial charge in [-0.2, -0.15) is 0 Å². The molecule has 0 saturated carbocycles. The third-order valence-electron chi connectivity index (χ3n) is 5.90. The highest BCUT2D eigenvalue weighted by Crippen LogP contribution is 2.39. The van der Waals surface area contributed by atoms with Gasteiger partial charge in [0.1, 0.15) is 0 Å². The minimum absolute atomic E-state index is 0.0762. The summed E-state index contributed by atoms with van der Waals surface area (Å²) in [5, 5.41) is 0.203. The summed E-state index contributed by atoms with van der Waals surface area (Å²) in [7, 11) is -1.83. The van der Waals surface area contributed by atoms with Crippen molar-refractivity contribution in [3.63, 3.8) is 0 Å². The van der Waals surface area contributed by atoms with Crippen LogP contribution >= 0.6 is 15.9 Å². The molecule has 2 aliphatic heterocycles. The molecule has 1 saturated heterocycles. The lowest BCUT2D eigenvalue weighted by Gasteiger charge is -2.42. The topological polar surface area (TPSA) is 27.7 Å². The van der Waals surface area contributed by atoms with Crippen molar-refractivity contribution in [1.29, 1.82) is 0 Å². The summed E-state index contributed by atoms with van der Waals surface area (Å²) >= 11 is 3.26. The normalized spacial score (nSPS) is 32.0. The van der Waals surface area contributed by atoms with Gasteiger partial charge in [-0.15, -0.1) is 5.73 Å². The SMILES string of the molecule is CC[C@H](O[Si](C)(C)C(C)(C)C)[C@H]1C/C=C\C[C@@H]2O[C@@H](C=C=CBr)C[C@@H]2O1. The summed E-state index contributed by atoms with van der Waals surface area (Å²) in [5.41, 5.74) is 3.07. The van der Waals surface area contributed by atoms with E-state index in [9.17, 15) is 0 Å². The van der Waals surface area contributed by atoms with Gasteiger partial charge in [-0.25, -0.2) is 0 Å². The van der Waals surface area contributed by atoms with Crippen molar-refractivity contribution < 1.29 is 13.9 Å². The van der Waals surface area contributed by atoms with E-state index in [-0.39, 0.29) is 35.6 Å². The Kier molecular flexibility index (Phi) is 7.96. The molecule has 3 nitrogen and oxygen atoms in total. The van der Waals surface area contributed by atoms with Gasteiger partial charge in [0.25, 0.3) is 0 Å². The molecule has 0 aromatic carbocycles. The molecule has 2 rings (SSSR count). The van der Waals surface area contributed by atoms with Crippen LogP contribution in [0.1, 0.15) is 53.4 Å². The van der Waals surface area contributed by atoms with Crippen molar-refractivity contribution in [2.75, 3.05) is 0 Å². The molecule has 0 radical (unpaired) electrons. The Morgan fingerprint density at radius 2 is 1.92 bits per heavy atom. The van der Waals surface area contributed by atoms with Crippen LogP contribution in [0.4, 0.5) is 0 Å². The van der Waals surface area contributed by atoms with Crippen LogP contribution in [0.15, 0.2) is 28.9 Å². The Bertz CT molecular complexity index is 546. The minimum Gasteiger partial charge on any atom is -0.411 e. The van der Waals surface area contributed by atoms with Gasteiger partial charge in [-0.05, 0) is 43.5 Å². The summed E-state index contributed by atoms with van der Waals surface area (Å²) in [6.07, 6.45) is 10.7. The lowest BCUT2D eigenvalue weighted by atomic mass is 10.0. The van der Waals surface area contributed by atoms with E-state index in [0.717, 1.165) is 25.7 Å². The Morgan fingerprint density at radius 3 is 2.54 bits per heavy atom. The zero-order valence-electron chi connectivity index (χ0n) is 17.1. The number of hydrogen-bond acceptors (Lipinski definition) is 3. The van der Waals surface area contributed by atoms with Crippen molar-refractivity contribution in [3.05, 3.63) is 28.9 Å². The van der Waals surface area contributed by atoms with Gasteiger partial charge in [0.2, 0.25) is 0 Å². The van der Waals surface area contributed by atoms with Crippen LogP contribution in [0.3, 0.4) is 0 Å². The Morgan fingerprint density at radius 1 is 1.23 bits per heavy atom. The van der Waals surface area contributed by atoms with Crippen LogP contribution in [0.5, 0.6) is 0 Å². The van der Waals surface area contributed by atoms with E-state index in [1.807, 2.05) is 6.08 Å². The first-order chi connectivity index (χ1) is 12.2. The smallest absolute Gasteiger partial charge is 0.192 e. The predicted octanol–water partition coefficient (Wildman–Crippen LogP) is 6.11. The number of hydrogen-bond donors (Lipinski definition) is 0. The van der Waals surface area contributed by atoms with Crippen LogP contribution in [0, 0.1) is 0 Å². The average Bonchev–Trinajstić information content (AvgIpc) is 2.91. The maximum absolute atomic E-state index is 6.74. The van der Waals surface area contributed by atoms with Crippen molar-refractivity contribution in [3.8, 4) is 0 Å². The summed E-state index contributed by atoms with van der Waals surface area (Å²) in [4.78, 5) is 1.74. The van der Waals surface area contributed by atoms with Crippen LogP contribution < -0.4 is 0 Å². The zero-order chi connectivity index (χ0) is 19.4. The fourth-order valence-corrected chi connectivity index (χ4v) is 4.89. The highest BCUT2D eigenvalue weighted by molar-refractivity contribution is 9.11. The van der Waals surface area contributed by atoms with Crippen LogP contribution in [-0.2, 0) is 13.9 Å². The van der Waals surface area contributed by atoms with Gasteiger partial charge in [0.05, 0.1) is 30.5 Å². The molecule has 0 unspecified atom stereocenters. The van der Waals surface area contributed by atoms with Crippen LogP contribution in [0.2, 0.25) is 18.1 Å². The molecule has 0 bridgehead atoms. The Hall–Kier alpha value is -0.163. The molecule has 0 aromatic rings. The standard InChI is InChI=1S/C21H35BrO3Si/c1-7-17(25-26(5,6)21(2,3)4)18-12-8-9-13-19-20(24-18)15-16(23-19)11-10-14-22/h8-9,11,14,16-20H,7,12-13,15H2,1-6H3/b9-8-/t10?,16-,17-,18+,19-,20-/m0/s1. The molecule has 5 atom stereocenters. The second kappa shape index (κ2) is 9.36. The van der Waals surface area contributed by atoms with E-state index in [0.29, 0.717) is 0 Å². The zero-order valence-corrected chi connectivity index (χ0v) is 19.7. The van der Waals surface area contributed by atoms with E-state index in [4.69, 9.17) is 13.9 Å². The van der Waals surface area contributed by atoms with E-state index in [2.05, 4.69) is 74.6 Å². The first kappa shape index (κ1) is 22.1. The molecule has 0 amide bonds. The van der Waals surface area contributed by atoms with Gasteiger partial charge in [-0.3, -0.25) is 0 Å². The van der Waals surface area contributed by atoms with Crippen molar-refractivity contribution in [2.45, 2.75) is 102 Å². The minimum atomic E-state index is -1.83. The molecule has 2 heterocycles. The van der Waals surface area contributed by atoms with Gasteiger partial charge in [0.15, 0.2) is 8.32 Å². The van der Waals surface area contributed by atoms with Crippen LogP contribution in [0.25, 0.3) is 0 Å². The molecule has 5 heteroatoms. The van der Waals surface area contributed by atoms with Crippen LogP contribution in [-0.4, -0.2) is 38.8 Å². The third kappa shape index (κ3) is 5.67. The summed E-state index contributed by atoms with van der Waals surface area (Å²) in [6, 6.07) is 0. The summed E-state index contributed by atoms with van der Waals surface area (Å²) < 4.78 is 19.5. The van der Waals surface area contributed by atoms with Gasteiger partial charge in [-0.1, -0.05) is 55.8 Å². The van der Waals surface area contributed by atoms with Crippen molar-refractivity contribution in [2.24, 2.45) is 0 Å². The molecule has 1 fully saturated rings. The first-order valence-electron chi connectivity index (χ1n) is 9.83. The van der Waals surface area contributed by atoms with Gasteiger partial charge >= 0.3 is 0 Å². The average molecular weight is 443 g/mol. The molecule has 0 aliphatic carbocycles. The molecular weight excluding hydrogens is 408 g/mol. The van der Waals surface area contributed by atoms with Crippen molar-refractivity contribution in [1.82, 2.24) is 0 Å². The monoisotopic (exact) mass is 442 g/mol. The molecule has 0 spiro atoms. The fourth-order valence-electron chi connectivity index (χ4n) is 3.31. The van der Waals surface area contributed by atoms with E-state index >= 15 is 0 Å². The molecule has 2 aliphatic rings. The molecule has 0 N–H and O–H groups in total. The molecular formula is C21H35BrO3Si. The number of rotatable bonds is 5. The number of halogens is 1. The Balaban J connectivity index is 2.11. The fraction of sp³-hybridized carbons (Fsp3) is 0.762. The second-order valence-electron chi connectivity index (χ2n) is 8.87. The maximum atomic E-state index is 6.74. The van der Waals surface area contributed by atoms with E-state index in [1.165, 1.54) is 0 Å². The highest BCUT2D eigenvalue weighted by atomic mass is 79.9. The molecule has 148 valence electrons. The van der Waals surface area contributed by atoms with Gasteiger partial charge < -0.3 is 13.9 Å². The van der Waals surface area contributed by atoms with Gasteiger partial charge in [0, 0.05) is 11.4 Å². The van der Waals surface area contributed by atoms with E-state index < -0.39 is 8.32 Å². The third-order valence-corrected chi connectivity index (χ3v) is 10.7. The first-order valence-corrected chi connectivity index (χ1v) is 13.7. The number of fused-ring (bicyclic) bond motifs is 1. The quantitative estimate of drug-likeness (QED) is 0.291.